The number of hydrogen-bond acceptors (Lipinski definition) is 11. The summed E-state index contributed by atoms with van der Waals surface area (Å²) in [6.07, 6.45) is 11.9. The lowest BCUT2D eigenvalue weighted by atomic mass is 9.75. The predicted octanol–water partition coefficient (Wildman–Crippen LogP) is 4.55. The lowest BCUT2D eigenvalue weighted by molar-refractivity contribution is -0.0107. The number of aromatic nitrogens is 3. The molecule has 13 heteroatoms. The Morgan fingerprint density at radius 2 is 1.90 bits per heavy atom. The van der Waals surface area contributed by atoms with Gasteiger partial charge in [-0.2, -0.15) is 9.97 Å². The lowest BCUT2D eigenvalue weighted by Gasteiger charge is -2.46. The van der Waals surface area contributed by atoms with E-state index >= 15 is 8.78 Å². The van der Waals surface area contributed by atoms with Gasteiger partial charge in [-0.15, -0.1) is 6.42 Å². The van der Waals surface area contributed by atoms with Crippen LogP contribution in [0.2, 0.25) is 0 Å². The van der Waals surface area contributed by atoms with E-state index in [2.05, 4.69) is 20.8 Å². The number of terminal acetylenes is 1. The third-order valence-corrected chi connectivity index (χ3v) is 11.1. The van der Waals surface area contributed by atoms with Crippen LogP contribution in [0.1, 0.15) is 50.5 Å². The zero-order chi connectivity index (χ0) is 35.4. The molecule has 0 bridgehead atoms. The molecule has 2 saturated carbocycles. The largest absolute Gasteiger partial charge is 0.508 e. The molecule has 4 heterocycles. The van der Waals surface area contributed by atoms with E-state index in [4.69, 9.17) is 25.6 Å². The number of phenols is 1. The molecular formula is C38H41F2N5O6. The molecule has 2 aromatic heterocycles. The molecule has 3 unspecified atom stereocenters. The van der Waals surface area contributed by atoms with Gasteiger partial charge in [-0.25, -0.2) is 13.8 Å². The van der Waals surface area contributed by atoms with Crippen molar-refractivity contribution in [1.29, 1.82) is 0 Å². The van der Waals surface area contributed by atoms with Crippen LogP contribution in [0, 0.1) is 29.4 Å². The molecule has 2 aliphatic heterocycles. The number of nitrogens with zero attached hydrogens (tertiary/aromatic N) is 5. The average Bonchev–Trinajstić information content (AvgIpc) is 3.92. The number of halogens is 2. The summed E-state index contributed by atoms with van der Waals surface area (Å²) in [4.78, 5) is 18.4. The third kappa shape index (κ3) is 5.98. The Morgan fingerprint density at radius 3 is 2.67 bits per heavy atom. The van der Waals surface area contributed by atoms with Crippen molar-refractivity contribution in [2.45, 2.75) is 69.2 Å². The number of hydrogen-bond donors (Lipinski definition) is 3. The van der Waals surface area contributed by atoms with E-state index in [0.717, 1.165) is 38.6 Å². The van der Waals surface area contributed by atoms with Crippen LogP contribution in [0.15, 0.2) is 24.3 Å². The monoisotopic (exact) mass is 701 g/mol. The van der Waals surface area contributed by atoms with Gasteiger partial charge >= 0.3 is 6.01 Å². The quantitative estimate of drug-likeness (QED) is 0.224. The highest BCUT2D eigenvalue weighted by atomic mass is 19.1. The van der Waals surface area contributed by atoms with Gasteiger partial charge in [0, 0.05) is 41.5 Å². The number of benzene rings is 2. The first-order valence-electron chi connectivity index (χ1n) is 17.6. The van der Waals surface area contributed by atoms with E-state index in [1.165, 1.54) is 44.2 Å². The molecule has 0 amide bonds. The first-order valence-corrected chi connectivity index (χ1v) is 17.6. The van der Waals surface area contributed by atoms with Crippen LogP contribution in [0.25, 0.3) is 32.9 Å². The topological polar surface area (TPSA) is 134 Å². The number of phenolic OH excluding ortho intramolecular Hbond substituents is 1. The van der Waals surface area contributed by atoms with E-state index in [0.29, 0.717) is 24.1 Å². The smallest absolute Gasteiger partial charge is 0.319 e. The number of piperidine rings is 1. The first-order chi connectivity index (χ1) is 24.7. The number of rotatable bonds is 8. The highest BCUT2D eigenvalue weighted by Crippen LogP contribution is 2.51. The summed E-state index contributed by atoms with van der Waals surface area (Å²) in [7, 11) is 1.37. The molecule has 2 aromatic carbocycles. The highest BCUT2D eigenvalue weighted by Gasteiger charge is 2.51. The van der Waals surface area contributed by atoms with Gasteiger partial charge < -0.3 is 34.4 Å². The Kier molecular flexibility index (Phi) is 8.82. The van der Waals surface area contributed by atoms with Crippen molar-refractivity contribution in [3.8, 4) is 41.2 Å². The number of β-amino-alcohol motifs (C(OH)–C–C–N with tert-alkyl or cyclic N) is 1. The van der Waals surface area contributed by atoms with Gasteiger partial charge in [-0.1, -0.05) is 18.4 Å². The standard InChI is InChI=1S/C38H41F2N5O6/c1-3-26-28(39)10-7-21-14-23(47)15-27(30(21)26)33-32(40)34-31(36(41-33)49-2)35(44-16-24(48)19-50-25(17-44)18-46)43-37(42-34)51-20-38-11-4-6-29(38)45(13-5-12-38)22-8-9-22/h1,7,10,14-15,22,24-25,29,46-48H,4-6,8-9,11-13,16-20H2,2H3/t24?,25-,29?,38?/m1/s1. The van der Waals surface area contributed by atoms with Crippen LogP contribution in [0.4, 0.5) is 14.6 Å². The molecule has 4 aromatic rings. The Balaban J connectivity index is 1.30. The molecule has 3 N–H and O–H groups in total. The fraction of sp³-hybridized carbons (Fsp3) is 0.500. The number of aliphatic hydroxyl groups excluding tert-OH is 2. The minimum atomic E-state index is -0.941. The third-order valence-electron chi connectivity index (χ3n) is 11.1. The number of likely N-dealkylation sites (tertiary alicyclic amines) is 1. The SMILES string of the molecule is C#Cc1c(F)ccc2cc(O)cc(-c3nc(OC)c4c(N5CC(O)CO[C@@H](CO)C5)nc(OCC56CCCC5N(C5CC5)CCC6)nc4c3F)c12. The normalized spacial score (nSPS) is 25.5. The van der Waals surface area contributed by atoms with Gasteiger partial charge in [0.15, 0.2) is 5.82 Å². The summed E-state index contributed by atoms with van der Waals surface area (Å²) < 4.78 is 50.2. The van der Waals surface area contributed by atoms with Crippen molar-refractivity contribution in [3.05, 3.63) is 41.5 Å². The van der Waals surface area contributed by atoms with Crippen LogP contribution in [-0.2, 0) is 4.74 Å². The number of anilines is 1. The molecule has 0 radical (unpaired) electrons. The second-order valence-electron chi connectivity index (χ2n) is 14.3. The van der Waals surface area contributed by atoms with Crippen molar-refractivity contribution in [2.75, 3.05) is 51.5 Å². The van der Waals surface area contributed by atoms with Gasteiger partial charge in [-0.05, 0) is 68.7 Å². The van der Waals surface area contributed by atoms with E-state index in [1.54, 1.807) is 4.90 Å². The van der Waals surface area contributed by atoms with Crippen LogP contribution in [0.5, 0.6) is 17.6 Å². The maximum Gasteiger partial charge on any atom is 0.319 e. The van der Waals surface area contributed by atoms with Crippen molar-refractivity contribution >= 4 is 27.5 Å². The zero-order valence-corrected chi connectivity index (χ0v) is 28.4. The van der Waals surface area contributed by atoms with E-state index in [1.807, 2.05) is 0 Å². The first kappa shape index (κ1) is 33.8. The van der Waals surface area contributed by atoms with Crippen molar-refractivity contribution in [2.24, 2.45) is 5.41 Å². The number of methoxy groups -OCH3 is 1. The molecule has 268 valence electrons. The molecule has 2 saturated heterocycles. The molecule has 8 rings (SSSR count). The maximum atomic E-state index is 17.2. The van der Waals surface area contributed by atoms with Gasteiger partial charge in [0.05, 0.1) is 44.7 Å². The minimum Gasteiger partial charge on any atom is -0.508 e. The number of aliphatic hydroxyl groups is 2. The number of ether oxygens (including phenoxy) is 3. The zero-order valence-electron chi connectivity index (χ0n) is 28.4. The molecule has 11 nitrogen and oxygen atoms in total. The molecule has 4 fully saturated rings. The van der Waals surface area contributed by atoms with Gasteiger partial charge in [0.1, 0.15) is 34.0 Å². The summed E-state index contributed by atoms with van der Waals surface area (Å²) in [6, 6.07) is 6.32. The minimum absolute atomic E-state index is 0.0119. The Labute approximate surface area is 294 Å². The van der Waals surface area contributed by atoms with Crippen molar-refractivity contribution in [3.63, 3.8) is 0 Å². The summed E-state index contributed by atoms with van der Waals surface area (Å²) in [5, 5.41) is 32.2. The summed E-state index contributed by atoms with van der Waals surface area (Å²) >= 11 is 0. The fourth-order valence-corrected chi connectivity index (χ4v) is 8.68. The fourth-order valence-electron chi connectivity index (χ4n) is 8.68. The lowest BCUT2D eigenvalue weighted by Crippen LogP contribution is -2.52. The molecular weight excluding hydrogens is 660 g/mol. The molecule has 51 heavy (non-hydrogen) atoms. The summed E-state index contributed by atoms with van der Waals surface area (Å²) in [5.74, 6) is 0.721. The highest BCUT2D eigenvalue weighted by molar-refractivity contribution is 6.04. The maximum absolute atomic E-state index is 17.2. The van der Waals surface area contributed by atoms with Crippen molar-refractivity contribution in [1.82, 2.24) is 19.9 Å². The van der Waals surface area contributed by atoms with E-state index < -0.39 is 23.8 Å². The van der Waals surface area contributed by atoms with Crippen LogP contribution in [-0.4, -0.2) is 106 Å². The molecule has 2 aliphatic carbocycles. The van der Waals surface area contributed by atoms with Gasteiger partial charge in [0.25, 0.3) is 0 Å². The van der Waals surface area contributed by atoms with Crippen LogP contribution >= 0.6 is 0 Å². The molecule has 4 atom stereocenters. The second-order valence-corrected chi connectivity index (χ2v) is 14.3. The van der Waals surface area contributed by atoms with E-state index in [-0.39, 0.29) is 88.3 Å². The Bertz CT molecular complexity index is 2040. The van der Waals surface area contributed by atoms with Crippen LogP contribution in [0.3, 0.4) is 0 Å². The second kappa shape index (κ2) is 13.3. The molecule has 4 aliphatic rings. The molecule has 0 spiro atoms. The average molecular weight is 702 g/mol. The Morgan fingerprint density at radius 1 is 1.08 bits per heavy atom. The predicted molar refractivity (Wildman–Crippen MR) is 186 cm³/mol. The van der Waals surface area contributed by atoms with E-state index in [9.17, 15) is 15.3 Å². The Hall–Kier alpha value is -4.35. The van der Waals surface area contributed by atoms with Crippen LogP contribution < -0.4 is 14.4 Å². The van der Waals surface area contributed by atoms with Crippen molar-refractivity contribution < 1.29 is 38.3 Å². The summed E-state index contributed by atoms with van der Waals surface area (Å²) in [5.41, 5.74) is -0.596. The number of aromatic hydroxyl groups is 1. The number of pyridine rings is 1. The summed E-state index contributed by atoms with van der Waals surface area (Å²) in [6.45, 7) is 1.30. The van der Waals surface area contributed by atoms with Gasteiger partial charge in [0.2, 0.25) is 5.88 Å². The number of fused-ring (bicyclic) bond motifs is 3. The van der Waals surface area contributed by atoms with Gasteiger partial charge in [-0.3, -0.25) is 4.90 Å².